The summed E-state index contributed by atoms with van der Waals surface area (Å²) in [7, 11) is 0. The number of thiophene rings is 1. The summed E-state index contributed by atoms with van der Waals surface area (Å²) in [5.74, 6) is -0.596. The molecule has 1 amide bonds. The number of morpholine rings is 1. The van der Waals surface area contributed by atoms with Crippen molar-refractivity contribution in [3.05, 3.63) is 70.9 Å². The molecule has 0 radical (unpaired) electrons. The molecule has 144 valence electrons. The van der Waals surface area contributed by atoms with Crippen LogP contribution < -0.4 is 10.2 Å². The Morgan fingerprint density at radius 1 is 1.11 bits per heavy atom. The van der Waals surface area contributed by atoms with E-state index < -0.39 is 0 Å². The van der Waals surface area contributed by atoms with Crippen molar-refractivity contribution in [1.82, 2.24) is 0 Å². The van der Waals surface area contributed by atoms with Crippen LogP contribution in [-0.4, -0.2) is 32.2 Å². The van der Waals surface area contributed by atoms with Crippen LogP contribution in [0.1, 0.15) is 15.2 Å². The Balaban J connectivity index is 1.68. The largest absolute Gasteiger partial charge is 0.378 e. The van der Waals surface area contributed by atoms with Gasteiger partial charge in [-0.3, -0.25) is 4.79 Å². The van der Waals surface area contributed by atoms with E-state index in [4.69, 9.17) is 4.74 Å². The predicted molar refractivity (Wildman–Crippen MR) is 112 cm³/mol. The number of rotatable bonds is 4. The number of nitrogens with zero attached hydrogens (tertiary/aromatic N) is 1. The van der Waals surface area contributed by atoms with E-state index in [-0.39, 0.29) is 11.7 Å². The van der Waals surface area contributed by atoms with Crippen LogP contribution in [0, 0.1) is 12.7 Å². The van der Waals surface area contributed by atoms with Gasteiger partial charge in [-0.1, -0.05) is 36.4 Å². The van der Waals surface area contributed by atoms with E-state index in [0.717, 1.165) is 34.8 Å². The first kappa shape index (κ1) is 18.7. The lowest BCUT2D eigenvalue weighted by Gasteiger charge is -2.28. The minimum atomic E-state index is -0.369. The molecule has 2 heterocycles. The third kappa shape index (κ3) is 3.93. The van der Waals surface area contributed by atoms with E-state index in [1.807, 2.05) is 43.3 Å². The minimum Gasteiger partial charge on any atom is -0.378 e. The first-order valence-corrected chi connectivity index (χ1v) is 10.0. The molecule has 28 heavy (non-hydrogen) atoms. The zero-order valence-corrected chi connectivity index (χ0v) is 16.4. The normalized spacial score (nSPS) is 14.1. The quantitative estimate of drug-likeness (QED) is 0.678. The highest BCUT2D eigenvalue weighted by molar-refractivity contribution is 7.18. The standard InChI is InChI=1S/C22H21FN2O2S/c1-15-7-8-17(23)13-19(15)24-21(26)20-14-18(16-5-3-2-4-6-16)22(28-20)25-9-11-27-12-10-25/h2-8,13-14H,9-12H2,1H3,(H,24,26). The van der Waals surface area contributed by atoms with Crippen LogP contribution in [0.15, 0.2) is 54.6 Å². The van der Waals surface area contributed by atoms with E-state index in [2.05, 4.69) is 10.2 Å². The van der Waals surface area contributed by atoms with Gasteiger partial charge in [0.05, 0.1) is 23.1 Å². The van der Waals surface area contributed by atoms with Gasteiger partial charge in [0.1, 0.15) is 5.82 Å². The van der Waals surface area contributed by atoms with Gasteiger partial charge in [-0.25, -0.2) is 4.39 Å². The number of hydrogen-bond acceptors (Lipinski definition) is 4. The van der Waals surface area contributed by atoms with Crippen molar-refractivity contribution in [3.8, 4) is 11.1 Å². The maximum absolute atomic E-state index is 13.6. The fourth-order valence-corrected chi connectivity index (χ4v) is 4.36. The van der Waals surface area contributed by atoms with Crippen molar-refractivity contribution in [1.29, 1.82) is 0 Å². The number of carbonyl (C=O) groups is 1. The van der Waals surface area contributed by atoms with Crippen LogP contribution in [0.25, 0.3) is 11.1 Å². The zero-order chi connectivity index (χ0) is 19.5. The Bertz CT molecular complexity index is 981. The molecule has 0 saturated carbocycles. The lowest BCUT2D eigenvalue weighted by atomic mass is 10.1. The molecule has 1 N–H and O–H groups in total. The topological polar surface area (TPSA) is 41.6 Å². The van der Waals surface area contributed by atoms with Crippen LogP contribution in [0.3, 0.4) is 0 Å². The Hall–Kier alpha value is -2.70. The monoisotopic (exact) mass is 396 g/mol. The van der Waals surface area contributed by atoms with Crippen molar-refractivity contribution in [2.24, 2.45) is 0 Å². The molecule has 1 saturated heterocycles. The summed E-state index contributed by atoms with van der Waals surface area (Å²) >= 11 is 1.46. The molecular weight excluding hydrogens is 375 g/mol. The van der Waals surface area contributed by atoms with Crippen molar-refractivity contribution in [2.45, 2.75) is 6.92 Å². The number of benzene rings is 2. The molecule has 3 aromatic rings. The first-order chi connectivity index (χ1) is 13.6. The summed E-state index contributed by atoms with van der Waals surface area (Å²) in [5.41, 5.74) is 3.42. The van der Waals surface area contributed by atoms with Gasteiger partial charge in [0, 0.05) is 24.3 Å². The van der Waals surface area contributed by atoms with Crippen LogP contribution in [0.5, 0.6) is 0 Å². The van der Waals surface area contributed by atoms with Crippen LogP contribution in [0.2, 0.25) is 0 Å². The van der Waals surface area contributed by atoms with Crippen LogP contribution in [0.4, 0.5) is 15.1 Å². The fourth-order valence-electron chi connectivity index (χ4n) is 3.23. The molecule has 1 aliphatic rings. The Morgan fingerprint density at radius 3 is 2.61 bits per heavy atom. The van der Waals surface area contributed by atoms with E-state index in [9.17, 15) is 9.18 Å². The van der Waals surface area contributed by atoms with Gasteiger partial charge in [-0.05, 0) is 36.2 Å². The maximum atomic E-state index is 13.6. The summed E-state index contributed by atoms with van der Waals surface area (Å²) in [4.78, 5) is 15.8. The van der Waals surface area contributed by atoms with Gasteiger partial charge >= 0.3 is 0 Å². The van der Waals surface area contributed by atoms with Crippen molar-refractivity contribution in [3.63, 3.8) is 0 Å². The van der Waals surface area contributed by atoms with Gasteiger partial charge in [0.2, 0.25) is 0 Å². The molecule has 0 spiro atoms. The van der Waals surface area contributed by atoms with Crippen LogP contribution >= 0.6 is 11.3 Å². The third-order valence-corrected chi connectivity index (χ3v) is 5.96. The lowest BCUT2D eigenvalue weighted by Crippen LogP contribution is -2.35. The van der Waals surface area contributed by atoms with Gasteiger partial charge in [-0.2, -0.15) is 0 Å². The Kier molecular flexibility index (Phi) is 5.41. The number of hydrogen-bond donors (Lipinski definition) is 1. The van der Waals surface area contributed by atoms with Gasteiger partial charge in [0.25, 0.3) is 5.91 Å². The molecule has 4 rings (SSSR count). The number of nitrogens with one attached hydrogen (secondary N) is 1. The Labute approximate surface area is 167 Å². The second-order valence-electron chi connectivity index (χ2n) is 6.71. The van der Waals surface area contributed by atoms with Gasteiger partial charge < -0.3 is 15.0 Å². The minimum absolute atomic E-state index is 0.226. The molecular formula is C22H21FN2O2S. The van der Waals surface area contributed by atoms with E-state index >= 15 is 0 Å². The molecule has 1 fully saturated rings. The number of amides is 1. The van der Waals surface area contributed by atoms with E-state index in [1.54, 1.807) is 6.07 Å². The first-order valence-electron chi connectivity index (χ1n) is 9.21. The number of aryl methyl sites for hydroxylation is 1. The molecule has 6 heteroatoms. The summed E-state index contributed by atoms with van der Waals surface area (Å²) in [6.45, 7) is 4.79. The summed E-state index contributed by atoms with van der Waals surface area (Å²) < 4.78 is 19.0. The van der Waals surface area contributed by atoms with Crippen molar-refractivity contribution < 1.29 is 13.9 Å². The number of ether oxygens (including phenoxy) is 1. The average Bonchev–Trinajstić information content (AvgIpc) is 3.18. The summed E-state index contributed by atoms with van der Waals surface area (Å²) in [5, 5.41) is 3.92. The van der Waals surface area contributed by atoms with E-state index in [0.29, 0.717) is 23.8 Å². The summed E-state index contributed by atoms with van der Waals surface area (Å²) in [6, 6.07) is 16.4. The van der Waals surface area contributed by atoms with Crippen molar-refractivity contribution >= 4 is 27.9 Å². The number of halogens is 1. The van der Waals surface area contributed by atoms with Gasteiger partial charge in [-0.15, -0.1) is 11.3 Å². The Morgan fingerprint density at radius 2 is 1.86 bits per heavy atom. The summed E-state index contributed by atoms with van der Waals surface area (Å²) in [6.07, 6.45) is 0. The molecule has 0 aliphatic carbocycles. The highest BCUT2D eigenvalue weighted by Gasteiger charge is 2.22. The third-order valence-electron chi connectivity index (χ3n) is 4.77. The average molecular weight is 396 g/mol. The molecule has 1 aromatic heterocycles. The molecule has 4 nitrogen and oxygen atoms in total. The molecule has 0 atom stereocenters. The second kappa shape index (κ2) is 8.12. The van der Waals surface area contributed by atoms with Crippen LogP contribution in [-0.2, 0) is 4.74 Å². The fraction of sp³-hybridized carbons (Fsp3) is 0.227. The molecule has 2 aromatic carbocycles. The predicted octanol–water partition coefficient (Wildman–Crippen LogP) is 4.95. The number of carbonyl (C=O) groups excluding carboxylic acids is 1. The molecule has 0 unspecified atom stereocenters. The SMILES string of the molecule is Cc1ccc(F)cc1NC(=O)c1cc(-c2ccccc2)c(N2CCOCC2)s1. The molecule has 0 bridgehead atoms. The highest BCUT2D eigenvalue weighted by Crippen LogP contribution is 2.39. The highest BCUT2D eigenvalue weighted by atomic mass is 32.1. The van der Waals surface area contributed by atoms with Crippen molar-refractivity contribution in [2.75, 3.05) is 36.5 Å². The zero-order valence-electron chi connectivity index (χ0n) is 15.6. The smallest absolute Gasteiger partial charge is 0.265 e. The van der Waals surface area contributed by atoms with Gasteiger partial charge in [0.15, 0.2) is 0 Å². The van der Waals surface area contributed by atoms with E-state index in [1.165, 1.54) is 23.5 Å². The lowest BCUT2D eigenvalue weighted by molar-refractivity contribution is 0.103. The second-order valence-corrected chi connectivity index (χ2v) is 7.74. The molecule has 1 aliphatic heterocycles. The maximum Gasteiger partial charge on any atom is 0.265 e. The number of anilines is 2.